The molecule has 0 aromatic heterocycles. The largest absolute Gasteiger partial charge is 0.315 e. The van der Waals surface area contributed by atoms with Gasteiger partial charge in [0.25, 0.3) is 0 Å². The second-order valence-electron chi connectivity index (χ2n) is 4.70. The average Bonchev–Trinajstić information content (AvgIpc) is 2.86. The smallest absolute Gasteiger partial charge is 0.244 e. The summed E-state index contributed by atoms with van der Waals surface area (Å²) in [5.41, 5.74) is 0.265. The van der Waals surface area contributed by atoms with Crippen LogP contribution in [0.15, 0.2) is 17.0 Å². The van der Waals surface area contributed by atoms with Crippen LogP contribution in [0, 0.1) is 12.7 Å². The van der Waals surface area contributed by atoms with E-state index in [1.165, 1.54) is 24.3 Å². The topological polar surface area (TPSA) is 49.4 Å². The van der Waals surface area contributed by atoms with E-state index in [1.807, 2.05) is 0 Å². The summed E-state index contributed by atoms with van der Waals surface area (Å²) < 4.78 is 39.6. The highest BCUT2D eigenvalue weighted by molar-refractivity contribution is 7.89. The van der Waals surface area contributed by atoms with Crippen molar-refractivity contribution >= 4 is 21.6 Å². The van der Waals surface area contributed by atoms with Gasteiger partial charge >= 0.3 is 0 Å². The van der Waals surface area contributed by atoms with E-state index < -0.39 is 15.8 Å². The van der Waals surface area contributed by atoms with Crippen LogP contribution in [0.25, 0.3) is 0 Å². The van der Waals surface area contributed by atoms with Crippen LogP contribution in [-0.4, -0.2) is 38.9 Å². The third-order valence-electron chi connectivity index (χ3n) is 3.42. The van der Waals surface area contributed by atoms with E-state index in [1.54, 1.807) is 0 Å². The quantitative estimate of drug-likeness (QED) is 0.926. The zero-order valence-electron chi connectivity index (χ0n) is 10.8. The SMILES string of the molecule is Cc1cc(S(=O)(=O)N(C)C2CCNC2)c(Cl)cc1F. The Kier molecular flexibility index (Phi) is 4.15. The van der Waals surface area contributed by atoms with E-state index in [9.17, 15) is 12.8 Å². The maximum atomic E-state index is 13.3. The van der Waals surface area contributed by atoms with Crippen LogP contribution in [0.4, 0.5) is 4.39 Å². The lowest BCUT2D eigenvalue weighted by atomic mass is 10.2. The van der Waals surface area contributed by atoms with Gasteiger partial charge in [0.15, 0.2) is 0 Å². The van der Waals surface area contributed by atoms with E-state index in [0.717, 1.165) is 19.0 Å². The summed E-state index contributed by atoms with van der Waals surface area (Å²) in [6, 6.07) is 2.24. The van der Waals surface area contributed by atoms with Crippen LogP contribution >= 0.6 is 11.6 Å². The normalized spacial score (nSPS) is 20.2. The molecule has 19 heavy (non-hydrogen) atoms. The molecule has 2 rings (SSSR count). The van der Waals surface area contributed by atoms with Gasteiger partial charge < -0.3 is 5.32 Å². The van der Waals surface area contributed by atoms with Crippen LogP contribution in [0.3, 0.4) is 0 Å². The first-order chi connectivity index (χ1) is 8.84. The highest BCUT2D eigenvalue weighted by Crippen LogP contribution is 2.28. The third kappa shape index (κ3) is 2.76. The molecule has 106 valence electrons. The van der Waals surface area contributed by atoms with Gasteiger partial charge in [0.2, 0.25) is 10.0 Å². The molecule has 1 saturated heterocycles. The number of likely N-dealkylation sites (N-methyl/N-ethyl adjacent to an activating group) is 1. The fraction of sp³-hybridized carbons (Fsp3) is 0.500. The molecule has 1 unspecified atom stereocenters. The zero-order valence-corrected chi connectivity index (χ0v) is 12.4. The molecule has 1 N–H and O–H groups in total. The fourth-order valence-electron chi connectivity index (χ4n) is 2.13. The lowest BCUT2D eigenvalue weighted by molar-refractivity contribution is 0.387. The number of hydrogen-bond donors (Lipinski definition) is 1. The van der Waals surface area contributed by atoms with Gasteiger partial charge in [-0.1, -0.05) is 11.6 Å². The lowest BCUT2D eigenvalue weighted by Crippen LogP contribution is -2.38. The number of hydrogen-bond acceptors (Lipinski definition) is 3. The van der Waals surface area contributed by atoms with Gasteiger partial charge in [0.05, 0.1) is 5.02 Å². The number of nitrogens with zero attached hydrogens (tertiary/aromatic N) is 1. The molecule has 0 radical (unpaired) electrons. The van der Waals surface area contributed by atoms with Gasteiger partial charge in [0, 0.05) is 19.6 Å². The summed E-state index contributed by atoms with van der Waals surface area (Å²) in [5, 5.41) is 3.03. The van der Waals surface area contributed by atoms with Crippen molar-refractivity contribution in [2.24, 2.45) is 0 Å². The predicted octanol–water partition coefficient (Wildman–Crippen LogP) is 1.77. The zero-order chi connectivity index (χ0) is 14.2. The number of nitrogens with one attached hydrogen (secondary N) is 1. The van der Waals surface area contributed by atoms with Crippen molar-refractivity contribution in [3.05, 3.63) is 28.5 Å². The Labute approximate surface area is 117 Å². The summed E-state index contributed by atoms with van der Waals surface area (Å²) in [6.45, 7) is 2.93. The van der Waals surface area contributed by atoms with E-state index in [-0.39, 0.29) is 21.5 Å². The monoisotopic (exact) mass is 306 g/mol. The van der Waals surface area contributed by atoms with Gasteiger partial charge in [-0.3, -0.25) is 0 Å². The molecular formula is C12H16ClFN2O2S. The molecule has 4 nitrogen and oxygen atoms in total. The van der Waals surface area contributed by atoms with Crippen LogP contribution in [-0.2, 0) is 10.0 Å². The fourth-order valence-corrected chi connectivity index (χ4v) is 4.09. The van der Waals surface area contributed by atoms with Gasteiger partial charge in [0.1, 0.15) is 10.7 Å². The first-order valence-corrected chi connectivity index (χ1v) is 7.80. The van der Waals surface area contributed by atoms with E-state index >= 15 is 0 Å². The summed E-state index contributed by atoms with van der Waals surface area (Å²) in [4.78, 5) is -0.0394. The van der Waals surface area contributed by atoms with Crippen molar-refractivity contribution in [2.75, 3.05) is 20.1 Å². The van der Waals surface area contributed by atoms with Crippen molar-refractivity contribution in [2.45, 2.75) is 24.3 Å². The molecule has 0 bridgehead atoms. The van der Waals surface area contributed by atoms with Crippen LogP contribution in [0.2, 0.25) is 5.02 Å². The van der Waals surface area contributed by atoms with E-state index in [4.69, 9.17) is 11.6 Å². The standard InChI is InChI=1S/C12H16ClFN2O2S/c1-8-5-12(10(13)6-11(8)14)19(17,18)16(2)9-3-4-15-7-9/h5-6,9,15H,3-4,7H2,1-2H3. The Hall–Kier alpha value is -0.690. The summed E-state index contributed by atoms with van der Waals surface area (Å²) in [7, 11) is -2.17. The number of halogens is 2. The molecule has 0 spiro atoms. The molecule has 7 heteroatoms. The van der Waals surface area contributed by atoms with Crippen molar-refractivity contribution in [1.29, 1.82) is 0 Å². The number of benzene rings is 1. The molecule has 0 aliphatic carbocycles. The Morgan fingerprint density at radius 3 is 2.74 bits per heavy atom. The molecule has 1 aromatic rings. The summed E-state index contributed by atoms with van der Waals surface area (Å²) in [5.74, 6) is -0.505. The second kappa shape index (κ2) is 5.36. The molecule has 0 saturated carbocycles. The molecule has 1 aromatic carbocycles. The first kappa shape index (κ1) is 14.7. The highest BCUT2D eigenvalue weighted by Gasteiger charge is 2.31. The summed E-state index contributed by atoms with van der Waals surface area (Å²) >= 11 is 5.88. The lowest BCUT2D eigenvalue weighted by Gasteiger charge is -2.23. The minimum absolute atomic E-state index is 0.0394. The molecular weight excluding hydrogens is 291 g/mol. The van der Waals surface area contributed by atoms with Gasteiger partial charge in [-0.15, -0.1) is 0 Å². The second-order valence-corrected chi connectivity index (χ2v) is 7.07. The number of sulfonamides is 1. The van der Waals surface area contributed by atoms with Gasteiger partial charge in [-0.05, 0) is 37.6 Å². The van der Waals surface area contributed by atoms with Crippen LogP contribution < -0.4 is 5.32 Å². The van der Waals surface area contributed by atoms with E-state index in [2.05, 4.69) is 5.32 Å². The molecule has 1 heterocycles. The molecule has 1 fully saturated rings. The number of aryl methyl sites for hydroxylation is 1. The molecule has 1 atom stereocenters. The Balaban J connectivity index is 2.41. The van der Waals surface area contributed by atoms with Crippen molar-refractivity contribution in [3.63, 3.8) is 0 Å². The minimum atomic E-state index is -3.70. The maximum Gasteiger partial charge on any atom is 0.244 e. The van der Waals surface area contributed by atoms with Crippen LogP contribution in [0.1, 0.15) is 12.0 Å². The number of rotatable bonds is 3. The van der Waals surface area contributed by atoms with Gasteiger partial charge in [-0.2, -0.15) is 4.31 Å². The molecule has 1 aliphatic heterocycles. The first-order valence-electron chi connectivity index (χ1n) is 5.98. The maximum absolute atomic E-state index is 13.3. The third-order valence-corrected chi connectivity index (χ3v) is 5.79. The van der Waals surface area contributed by atoms with Gasteiger partial charge in [-0.25, -0.2) is 12.8 Å². The van der Waals surface area contributed by atoms with Crippen LogP contribution in [0.5, 0.6) is 0 Å². The molecule has 1 aliphatic rings. The summed E-state index contributed by atoms with van der Waals surface area (Å²) in [6.07, 6.45) is 0.757. The van der Waals surface area contributed by atoms with Crippen molar-refractivity contribution in [1.82, 2.24) is 9.62 Å². The Bertz CT molecular complexity index is 586. The molecule has 0 amide bonds. The Morgan fingerprint density at radius 1 is 1.47 bits per heavy atom. The van der Waals surface area contributed by atoms with Crippen molar-refractivity contribution < 1.29 is 12.8 Å². The van der Waals surface area contributed by atoms with Crippen molar-refractivity contribution in [3.8, 4) is 0 Å². The average molecular weight is 307 g/mol. The highest BCUT2D eigenvalue weighted by atomic mass is 35.5. The Morgan fingerprint density at radius 2 is 2.16 bits per heavy atom. The predicted molar refractivity (Wildman–Crippen MR) is 72.4 cm³/mol. The minimum Gasteiger partial charge on any atom is -0.315 e. The van der Waals surface area contributed by atoms with E-state index in [0.29, 0.717) is 6.54 Å².